The molecule has 0 aromatic rings. The van der Waals surface area contributed by atoms with E-state index in [2.05, 4.69) is 31.1 Å². The first-order valence-electron chi connectivity index (χ1n) is 7.57. The fourth-order valence-electron chi connectivity index (χ4n) is 3.35. The Morgan fingerprint density at radius 1 is 1.18 bits per heavy atom. The van der Waals surface area contributed by atoms with E-state index in [0.29, 0.717) is 11.6 Å². The summed E-state index contributed by atoms with van der Waals surface area (Å²) in [6, 6.07) is 0.654. The molecule has 2 nitrogen and oxygen atoms in total. The van der Waals surface area contributed by atoms with Crippen LogP contribution >= 0.6 is 0 Å². The number of nitrogens with zero attached hydrogens (tertiary/aromatic N) is 1. The number of piperidine rings is 1. The normalized spacial score (nSPS) is 24.9. The number of rotatable bonds is 6. The van der Waals surface area contributed by atoms with Crippen molar-refractivity contribution in [2.45, 2.75) is 70.4 Å². The lowest BCUT2D eigenvalue weighted by Gasteiger charge is -2.46. The van der Waals surface area contributed by atoms with Crippen LogP contribution in [0.5, 0.6) is 0 Å². The Hall–Kier alpha value is -0.0800. The molecule has 2 rings (SSSR count). The molecule has 0 spiro atoms. The van der Waals surface area contributed by atoms with Crippen molar-refractivity contribution in [3.8, 4) is 0 Å². The van der Waals surface area contributed by atoms with Crippen LogP contribution in [0, 0.1) is 5.92 Å². The van der Waals surface area contributed by atoms with Gasteiger partial charge in [0.1, 0.15) is 0 Å². The first-order chi connectivity index (χ1) is 8.14. The molecule has 1 N–H and O–H groups in total. The van der Waals surface area contributed by atoms with Crippen LogP contribution in [-0.2, 0) is 0 Å². The third-order valence-corrected chi connectivity index (χ3v) is 4.93. The number of nitrogens with one attached hydrogen (secondary N) is 1. The molecule has 0 aromatic carbocycles. The summed E-state index contributed by atoms with van der Waals surface area (Å²) in [5, 5.41) is 3.58. The van der Waals surface area contributed by atoms with Crippen molar-refractivity contribution in [2.24, 2.45) is 5.92 Å². The van der Waals surface area contributed by atoms with Crippen LogP contribution in [0.3, 0.4) is 0 Å². The predicted molar refractivity (Wildman–Crippen MR) is 74.3 cm³/mol. The second-order valence-corrected chi connectivity index (χ2v) is 6.56. The molecule has 17 heavy (non-hydrogen) atoms. The minimum Gasteiger partial charge on any atom is -0.315 e. The second-order valence-electron chi connectivity index (χ2n) is 6.56. The van der Waals surface area contributed by atoms with E-state index in [-0.39, 0.29) is 0 Å². The maximum atomic E-state index is 3.58. The van der Waals surface area contributed by atoms with Gasteiger partial charge >= 0.3 is 0 Å². The summed E-state index contributed by atoms with van der Waals surface area (Å²) in [7, 11) is 2.14. The van der Waals surface area contributed by atoms with E-state index in [1.54, 1.807) is 0 Å². The highest BCUT2D eigenvalue weighted by Gasteiger charge is 2.35. The molecule has 1 aliphatic heterocycles. The molecule has 1 saturated heterocycles. The van der Waals surface area contributed by atoms with Crippen LogP contribution < -0.4 is 5.32 Å². The van der Waals surface area contributed by atoms with Gasteiger partial charge in [0.25, 0.3) is 0 Å². The van der Waals surface area contributed by atoms with Crippen LogP contribution in [0.2, 0.25) is 0 Å². The molecule has 2 fully saturated rings. The van der Waals surface area contributed by atoms with Gasteiger partial charge in [0.15, 0.2) is 0 Å². The maximum absolute atomic E-state index is 3.58. The summed E-state index contributed by atoms with van der Waals surface area (Å²) >= 11 is 0. The Morgan fingerprint density at radius 2 is 1.82 bits per heavy atom. The van der Waals surface area contributed by atoms with Gasteiger partial charge in [-0.2, -0.15) is 0 Å². The maximum Gasteiger partial charge on any atom is 0.0306 e. The van der Waals surface area contributed by atoms with E-state index in [1.165, 1.54) is 58.0 Å². The Bertz CT molecular complexity index is 227. The minimum absolute atomic E-state index is 0.323. The molecular weight excluding hydrogens is 208 g/mol. The van der Waals surface area contributed by atoms with E-state index < -0.39 is 0 Å². The van der Waals surface area contributed by atoms with Gasteiger partial charge in [0.2, 0.25) is 0 Å². The van der Waals surface area contributed by atoms with Crippen LogP contribution in [0.15, 0.2) is 0 Å². The van der Waals surface area contributed by atoms with Crippen molar-refractivity contribution < 1.29 is 0 Å². The average molecular weight is 238 g/mol. The van der Waals surface area contributed by atoms with Gasteiger partial charge < -0.3 is 5.32 Å². The van der Waals surface area contributed by atoms with Crippen LogP contribution in [-0.4, -0.2) is 36.6 Å². The van der Waals surface area contributed by atoms with Crippen LogP contribution in [0.4, 0.5) is 0 Å². The van der Waals surface area contributed by atoms with Gasteiger partial charge in [-0.1, -0.05) is 19.3 Å². The third-order valence-electron chi connectivity index (χ3n) is 4.93. The SMILES string of the molecule is CNC(CCC1CC1)C(C)(C)N1CCCCC1. The van der Waals surface area contributed by atoms with Gasteiger partial charge in [-0.25, -0.2) is 0 Å². The van der Waals surface area contributed by atoms with Gasteiger partial charge in [-0.3, -0.25) is 4.90 Å². The minimum atomic E-state index is 0.323. The zero-order chi connectivity index (χ0) is 12.3. The van der Waals surface area contributed by atoms with Crippen molar-refractivity contribution in [3.63, 3.8) is 0 Å². The summed E-state index contributed by atoms with van der Waals surface area (Å²) in [5.74, 6) is 1.06. The summed E-state index contributed by atoms with van der Waals surface area (Å²) in [6.07, 6.45) is 9.97. The van der Waals surface area contributed by atoms with Crippen molar-refractivity contribution in [3.05, 3.63) is 0 Å². The first-order valence-corrected chi connectivity index (χ1v) is 7.57. The monoisotopic (exact) mass is 238 g/mol. The zero-order valence-electron chi connectivity index (χ0n) is 12.0. The number of likely N-dealkylation sites (tertiary alicyclic amines) is 1. The van der Waals surface area contributed by atoms with Gasteiger partial charge in [-0.15, -0.1) is 0 Å². The van der Waals surface area contributed by atoms with Crippen molar-refractivity contribution in [1.29, 1.82) is 0 Å². The molecule has 1 unspecified atom stereocenters. The lowest BCUT2D eigenvalue weighted by atomic mass is 9.87. The lowest BCUT2D eigenvalue weighted by molar-refractivity contribution is 0.0596. The number of likely N-dealkylation sites (N-methyl/N-ethyl adjacent to an activating group) is 1. The molecule has 2 heteroatoms. The van der Waals surface area contributed by atoms with E-state index in [9.17, 15) is 0 Å². The average Bonchev–Trinajstić information content (AvgIpc) is 3.15. The molecule has 1 atom stereocenters. The lowest BCUT2D eigenvalue weighted by Crippen LogP contribution is -2.58. The molecule has 100 valence electrons. The Morgan fingerprint density at radius 3 is 2.35 bits per heavy atom. The van der Waals surface area contributed by atoms with E-state index in [1.807, 2.05) is 0 Å². The largest absolute Gasteiger partial charge is 0.315 e. The number of hydrogen-bond donors (Lipinski definition) is 1. The third kappa shape index (κ3) is 3.45. The van der Waals surface area contributed by atoms with Gasteiger partial charge in [-0.05, 0) is 65.6 Å². The highest BCUT2D eigenvalue weighted by Crippen LogP contribution is 2.35. The predicted octanol–water partition coefficient (Wildman–Crippen LogP) is 3.03. The van der Waals surface area contributed by atoms with Crippen LogP contribution in [0.25, 0.3) is 0 Å². The molecule has 0 aromatic heterocycles. The molecule has 0 radical (unpaired) electrons. The van der Waals surface area contributed by atoms with Crippen molar-refractivity contribution >= 4 is 0 Å². The second kappa shape index (κ2) is 5.71. The Balaban J connectivity index is 1.88. The molecule has 1 saturated carbocycles. The van der Waals surface area contributed by atoms with Gasteiger partial charge in [0.05, 0.1) is 0 Å². The Labute approximate surface area is 107 Å². The molecule has 1 aliphatic carbocycles. The molecule has 0 bridgehead atoms. The molecule has 0 amide bonds. The summed E-state index contributed by atoms with van der Waals surface area (Å²) in [6.45, 7) is 7.47. The van der Waals surface area contributed by atoms with Crippen LogP contribution in [0.1, 0.15) is 58.8 Å². The molecule has 1 heterocycles. The molecule has 2 aliphatic rings. The van der Waals surface area contributed by atoms with E-state index in [0.717, 1.165) is 5.92 Å². The Kier molecular flexibility index (Phi) is 4.48. The quantitative estimate of drug-likeness (QED) is 0.765. The highest BCUT2D eigenvalue weighted by molar-refractivity contribution is 4.94. The zero-order valence-corrected chi connectivity index (χ0v) is 12.0. The smallest absolute Gasteiger partial charge is 0.0306 e. The first kappa shape index (κ1) is 13.4. The van der Waals surface area contributed by atoms with Gasteiger partial charge in [0, 0.05) is 11.6 Å². The number of hydrogen-bond acceptors (Lipinski definition) is 2. The molecular formula is C15H30N2. The fourth-order valence-corrected chi connectivity index (χ4v) is 3.35. The van der Waals surface area contributed by atoms with E-state index in [4.69, 9.17) is 0 Å². The summed E-state index contributed by atoms with van der Waals surface area (Å²) in [5.41, 5.74) is 0.323. The highest BCUT2D eigenvalue weighted by atomic mass is 15.2. The summed E-state index contributed by atoms with van der Waals surface area (Å²) < 4.78 is 0. The van der Waals surface area contributed by atoms with Crippen molar-refractivity contribution in [2.75, 3.05) is 20.1 Å². The summed E-state index contributed by atoms with van der Waals surface area (Å²) in [4.78, 5) is 2.71. The standard InChI is InChI=1S/C15H30N2/c1-15(2,17-11-5-4-6-12-17)14(16-3)10-9-13-7-8-13/h13-14,16H,4-12H2,1-3H3. The van der Waals surface area contributed by atoms with E-state index >= 15 is 0 Å². The topological polar surface area (TPSA) is 15.3 Å². The van der Waals surface area contributed by atoms with Crippen molar-refractivity contribution in [1.82, 2.24) is 10.2 Å². The fraction of sp³-hybridized carbons (Fsp3) is 1.00.